The molecule has 0 saturated carbocycles. The van der Waals surface area contributed by atoms with Gasteiger partial charge in [0, 0.05) is 18.8 Å². The maximum atomic E-state index is 9.59. The molecule has 1 heterocycles. The molecule has 0 aliphatic rings. The van der Waals surface area contributed by atoms with Crippen LogP contribution in [0.25, 0.3) is 0 Å². The predicted molar refractivity (Wildman–Crippen MR) is 81.7 cm³/mol. The van der Waals surface area contributed by atoms with Gasteiger partial charge in [0.05, 0.1) is 5.69 Å². The van der Waals surface area contributed by atoms with Crippen LogP contribution in [0.2, 0.25) is 0 Å². The Morgan fingerprint density at radius 3 is 2.57 bits per heavy atom. The van der Waals surface area contributed by atoms with Crippen LogP contribution in [-0.4, -0.2) is 22.4 Å². The normalized spacial score (nSPS) is 10.2. The van der Waals surface area contributed by atoms with Crippen molar-refractivity contribution in [3.8, 4) is 11.8 Å². The average Bonchev–Trinajstić information content (AvgIpc) is 2.52. The highest BCUT2D eigenvalue weighted by atomic mass is 16.3. The van der Waals surface area contributed by atoms with Gasteiger partial charge in [-0.25, -0.2) is 0 Å². The van der Waals surface area contributed by atoms with Gasteiger partial charge in [-0.3, -0.25) is 0 Å². The highest BCUT2D eigenvalue weighted by Crippen LogP contribution is 2.29. The maximum Gasteiger partial charge on any atom is 0.173 e. The zero-order chi connectivity index (χ0) is 15.4. The van der Waals surface area contributed by atoms with E-state index in [2.05, 4.69) is 16.3 Å². The minimum absolute atomic E-state index is 0.173. The van der Waals surface area contributed by atoms with Crippen molar-refractivity contribution in [2.24, 2.45) is 0 Å². The lowest BCUT2D eigenvalue weighted by atomic mass is 10.0. The van der Waals surface area contributed by atoms with Crippen LogP contribution < -0.4 is 4.90 Å². The summed E-state index contributed by atoms with van der Waals surface area (Å²) in [5.74, 6) is 0.684. The monoisotopic (exact) mass is 282 g/mol. The number of phenols is 1. The molecule has 0 saturated heterocycles. The van der Waals surface area contributed by atoms with Gasteiger partial charge >= 0.3 is 0 Å². The molecule has 5 heteroatoms. The largest absolute Gasteiger partial charge is 0.508 e. The first-order valence-corrected chi connectivity index (χ1v) is 6.93. The molecule has 0 aliphatic carbocycles. The smallest absolute Gasteiger partial charge is 0.173 e. The average molecular weight is 282 g/mol. The number of hydrogen-bond donors (Lipinski definition) is 1. The third-order valence-electron chi connectivity index (χ3n) is 3.47. The van der Waals surface area contributed by atoms with Gasteiger partial charge < -0.3 is 10.0 Å². The minimum Gasteiger partial charge on any atom is -0.508 e. The third kappa shape index (κ3) is 2.79. The zero-order valence-corrected chi connectivity index (χ0v) is 12.5. The van der Waals surface area contributed by atoms with Crippen LogP contribution in [0.4, 0.5) is 11.5 Å². The number of benzene rings is 1. The molecule has 0 radical (unpaired) electrons. The molecule has 108 valence electrons. The standard InChI is InChI=1S/C16H18N4O/c1-4-13-14(10-17)16(19-18-15(13)5-2)20(3)11-7-6-8-12(21)9-11/h6-9,21H,4-5H2,1-3H3. The van der Waals surface area contributed by atoms with Crippen LogP contribution in [0, 0.1) is 11.3 Å². The molecule has 0 bridgehead atoms. The number of nitrogens with zero attached hydrogens (tertiary/aromatic N) is 4. The van der Waals surface area contributed by atoms with E-state index < -0.39 is 0 Å². The van der Waals surface area contributed by atoms with Gasteiger partial charge in [0.25, 0.3) is 0 Å². The van der Waals surface area contributed by atoms with Gasteiger partial charge in [-0.2, -0.15) is 10.4 Å². The van der Waals surface area contributed by atoms with E-state index >= 15 is 0 Å². The molecule has 2 rings (SSSR count). The van der Waals surface area contributed by atoms with Crippen LogP contribution in [0.5, 0.6) is 5.75 Å². The molecular weight excluding hydrogens is 264 g/mol. The molecule has 2 aromatic rings. The van der Waals surface area contributed by atoms with Gasteiger partial charge in [0.2, 0.25) is 0 Å². The van der Waals surface area contributed by atoms with E-state index in [-0.39, 0.29) is 5.75 Å². The number of aryl methyl sites for hydroxylation is 1. The summed E-state index contributed by atoms with van der Waals surface area (Å²) in [5, 5.41) is 27.5. The Labute approximate surface area is 124 Å². The fourth-order valence-corrected chi connectivity index (χ4v) is 2.34. The zero-order valence-electron chi connectivity index (χ0n) is 12.5. The van der Waals surface area contributed by atoms with Crippen LogP contribution in [0.1, 0.15) is 30.7 Å². The second kappa shape index (κ2) is 6.23. The second-order valence-corrected chi connectivity index (χ2v) is 4.72. The number of hydrogen-bond acceptors (Lipinski definition) is 5. The van der Waals surface area contributed by atoms with Crippen molar-refractivity contribution in [3.63, 3.8) is 0 Å². The maximum absolute atomic E-state index is 9.59. The highest BCUT2D eigenvalue weighted by Gasteiger charge is 2.18. The molecule has 1 N–H and O–H groups in total. The van der Waals surface area contributed by atoms with Crippen molar-refractivity contribution in [1.29, 1.82) is 5.26 Å². The first-order chi connectivity index (χ1) is 10.1. The first kappa shape index (κ1) is 14.8. The topological polar surface area (TPSA) is 73.0 Å². The molecule has 1 aromatic carbocycles. The molecule has 5 nitrogen and oxygen atoms in total. The van der Waals surface area contributed by atoms with E-state index in [0.29, 0.717) is 11.4 Å². The number of nitriles is 1. The van der Waals surface area contributed by atoms with Crippen LogP contribution in [-0.2, 0) is 12.8 Å². The van der Waals surface area contributed by atoms with E-state index in [1.165, 1.54) is 0 Å². The minimum atomic E-state index is 0.173. The van der Waals surface area contributed by atoms with Crippen LogP contribution in [0.15, 0.2) is 24.3 Å². The van der Waals surface area contributed by atoms with Gasteiger partial charge in [0.15, 0.2) is 5.82 Å². The highest BCUT2D eigenvalue weighted by molar-refractivity contribution is 5.67. The number of phenolic OH excluding ortho intramolecular Hbond substituents is 1. The van der Waals surface area contributed by atoms with Crippen molar-refractivity contribution in [3.05, 3.63) is 41.1 Å². The van der Waals surface area contributed by atoms with Gasteiger partial charge in [-0.1, -0.05) is 19.9 Å². The van der Waals surface area contributed by atoms with Crippen molar-refractivity contribution < 1.29 is 5.11 Å². The molecule has 0 fully saturated rings. The van der Waals surface area contributed by atoms with E-state index in [0.717, 1.165) is 29.8 Å². The second-order valence-electron chi connectivity index (χ2n) is 4.72. The summed E-state index contributed by atoms with van der Waals surface area (Å²) in [7, 11) is 1.81. The summed E-state index contributed by atoms with van der Waals surface area (Å²) in [6.45, 7) is 4.01. The Hall–Kier alpha value is -2.61. The van der Waals surface area contributed by atoms with Crippen LogP contribution in [0.3, 0.4) is 0 Å². The SMILES string of the molecule is CCc1nnc(N(C)c2cccc(O)c2)c(C#N)c1CC. The van der Waals surface area contributed by atoms with Crippen molar-refractivity contribution in [2.45, 2.75) is 26.7 Å². The fraction of sp³-hybridized carbons (Fsp3) is 0.312. The number of aromatic nitrogens is 2. The quantitative estimate of drug-likeness (QED) is 0.933. The lowest BCUT2D eigenvalue weighted by Crippen LogP contribution is -2.16. The Bertz CT molecular complexity index is 691. The Morgan fingerprint density at radius 1 is 1.24 bits per heavy atom. The molecule has 0 unspecified atom stereocenters. The van der Waals surface area contributed by atoms with Crippen molar-refractivity contribution in [2.75, 3.05) is 11.9 Å². The summed E-state index contributed by atoms with van der Waals surface area (Å²) < 4.78 is 0. The predicted octanol–water partition coefficient (Wildman–Crippen LogP) is 2.95. The molecule has 0 aliphatic heterocycles. The molecule has 1 aromatic heterocycles. The fourth-order valence-electron chi connectivity index (χ4n) is 2.34. The van der Waals surface area contributed by atoms with Gasteiger partial charge in [-0.05, 0) is 30.5 Å². The van der Waals surface area contributed by atoms with Gasteiger partial charge in [-0.15, -0.1) is 5.10 Å². The van der Waals surface area contributed by atoms with E-state index in [1.807, 2.05) is 27.0 Å². The first-order valence-electron chi connectivity index (χ1n) is 6.93. The number of anilines is 2. The van der Waals surface area contributed by atoms with Crippen molar-refractivity contribution in [1.82, 2.24) is 10.2 Å². The van der Waals surface area contributed by atoms with Crippen molar-refractivity contribution >= 4 is 11.5 Å². The summed E-state index contributed by atoms with van der Waals surface area (Å²) in [4.78, 5) is 1.77. The molecule has 0 amide bonds. The lowest BCUT2D eigenvalue weighted by Gasteiger charge is -2.21. The Morgan fingerprint density at radius 2 is 2.00 bits per heavy atom. The summed E-state index contributed by atoms with van der Waals surface area (Å²) in [6, 6.07) is 9.08. The van der Waals surface area contributed by atoms with E-state index in [9.17, 15) is 10.4 Å². The summed E-state index contributed by atoms with van der Waals surface area (Å²) in [6.07, 6.45) is 1.49. The number of rotatable bonds is 4. The Balaban J connectivity index is 2.56. The lowest BCUT2D eigenvalue weighted by molar-refractivity contribution is 0.475. The molecule has 0 atom stereocenters. The molecule has 0 spiro atoms. The summed E-state index contributed by atoms with van der Waals surface area (Å²) >= 11 is 0. The van der Waals surface area contributed by atoms with E-state index in [4.69, 9.17) is 0 Å². The molecule has 21 heavy (non-hydrogen) atoms. The Kier molecular flexibility index (Phi) is 4.39. The van der Waals surface area contributed by atoms with E-state index in [1.54, 1.807) is 23.1 Å². The molecular formula is C16H18N4O. The number of aromatic hydroxyl groups is 1. The summed E-state index contributed by atoms with van der Waals surface area (Å²) in [5.41, 5.74) is 3.11. The third-order valence-corrected chi connectivity index (χ3v) is 3.47. The van der Waals surface area contributed by atoms with Gasteiger partial charge in [0.1, 0.15) is 17.4 Å². The van der Waals surface area contributed by atoms with Crippen LogP contribution >= 0.6 is 0 Å².